The highest BCUT2D eigenvalue weighted by molar-refractivity contribution is 5.76. The lowest BCUT2D eigenvalue weighted by Gasteiger charge is -2.19. The Morgan fingerprint density at radius 3 is 2.68 bits per heavy atom. The summed E-state index contributed by atoms with van der Waals surface area (Å²) in [6.45, 7) is 6.27. The van der Waals surface area contributed by atoms with Crippen molar-refractivity contribution in [2.75, 3.05) is 13.7 Å². The van der Waals surface area contributed by atoms with Crippen LogP contribution < -0.4 is 15.8 Å². The molecule has 0 fully saturated rings. The van der Waals surface area contributed by atoms with Gasteiger partial charge in [-0.3, -0.25) is 4.79 Å². The maximum atomic E-state index is 11.7. The quantitative estimate of drug-likeness (QED) is 0.823. The van der Waals surface area contributed by atoms with E-state index in [-0.39, 0.29) is 11.4 Å². The van der Waals surface area contributed by atoms with E-state index in [1.165, 1.54) is 0 Å². The van der Waals surface area contributed by atoms with E-state index in [2.05, 4.69) is 5.32 Å². The number of hydrogen-bond acceptors (Lipinski definition) is 3. The summed E-state index contributed by atoms with van der Waals surface area (Å²) in [4.78, 5) is 11.7. The fraction of sp³-hybridized carbons (Fsp3) is 0.533. The number of carbonyl (C=O) groups excluding carboxylic acids is 1. The first-order valence-electron chi connectivity index (χ1n) is 6.51. The maximum absolute atomic E-state index is 11.7. The Morgan fingerprint density at radius 2 is 2.11 bits per heavy atom. The number of nitrogens with one attached hydrogen (secondary N) is 1. The van der Waals surface area contributed by atoms with Gasteiger partial charge in [0.1, 0.15) is 5.75 Å². The van der Waals surface area contributed by atoms with Gasteiger partial charge in [-0.1, -0.05) is 12.1 Å². The second kappa shape index (κ2) is 6.57. The zero-order valence-electron chi connectivity index (χ0n) is 12.2. The first-order chi connectivity index (χ1) is 8.81. The minimum Gasteiger partial charge on any atom is -0.496 e. The molecular formula is C15H24N2O2. The Labute approximate surface area is 115 Å². The van der Waals surface area contributed by atoms with Crippen LogP contribution in [-0.2, 0) is 11.2 Å². The van der Waals surface area contributed by atoms with Crippen LogP contribution in [0.25, 0.3) is 0 Å². The Hall–Kier alpha value is -1.55. The summed E-state index contributed by atoms with van der Waals surface area (Å²) in [6, 6.07) is 6.02. The monoisotopic (exact) mass is 264 g/mol. The number of ether oxygens (including phenoxy) is 1. The molecule has 1 aromatic carbocycles. The highest BCUT2D eigenvalue weighted by Crippen LogP contribution is 2.21. The van der Waals surface area contributed by atoms with Gasteiger partial charge in [-0.05, 0) is 44.4 Å². The van der Waals surface area contributed by atoms with Crippen LogP contribution in [0.2, 0.25) is 0 Å². The van der Waals surface area contributed by atoms with Crippen molar-refractivity contribution in [2.24, 2.45) is 5.73 Å². The van der Waals surface area contributed by atoms with Crippen molar-refractivity contribution in [3.05, 3.63) is 29.3 Å². The van der Waals surface area contributed by atoms with E-state index in [0.717, 1.165) is 16.9 Å². The lowest BCUT2D eigenvalue weighted by molar-refractivity contribution is -0.121. The molecule has 0 heterocycles. The van der Waals surface area contributed by atoms with Gasteiger partial charge in [0.15, 0.2) is 0 Å². The van der Waals surface area contributed by atoms with E-state index in [1.54, 1.807) is 7.11 Å². The van der Waals surface area contributed by atoms with Gasteiger partial charge < -0.3 is 15.8 Å². The summed E-state index contributed by atoms with van der Waals surface area (Å²) in [5.74, 6) is 0.855. The largest absolute Gasteiger partial charge is 0.496 e. The standard InChI is InChI=1S/C15H24N2O2/c1-11-5-6-12(13(9-11)19-4)7-8-14(18)17-10-15(2,3)16/h5-6,9H,7-8,10,16H2,1-4H3,(H,17,18). The molecule has 0 unspecified atom stereocenters. The predicted molar refractivity (Wildman–Crippen MR) is 77.3 cm³/mol. The maximum Gasteiger partial charge on any atom is 0.220 e. The van der Waals surface area contributed by atoms with Crippen LogP contribution in [0.1, 0.15) is 31.4 Å². The van der Waals surface area contributed by atoms with Crippen molar-refractivity contribution in [1.29, 1.82) is 0 Å². The number of methoxy groups -OCH3 is 1. The molecule has 0 aliphatic carbocycles. The van der Waals surface area contributed by atoms with Gasteiger partial charge in [-0.15, -0.1) is 0 Å². The van der Waals surface area contributed by atoms with Crippen LogP contribution in [0.15, 0.2) is 18.2 Å². The molecule has 0 aliphatic heterocycles. The van der Waals surface area contributed by atoms with Gasteiger partial charge in [0.05, 0.1) is 7.11 Å². The normalized spacial score (nSPS) is 11.2. The van der Waals surface area contributed by atoms with Crippen LogP contribution in [-0.4, -0.2) is 25.1 Å². The van der Waals surface area contributed by atoms with E-state index < -0.39 is 0 Å². The fourth-order valence-corrected chi connectivity index (χ4v) is 1.72. The molecule has 0 radical (unpaired) electrons. The molecule has 0 saturated carbocycles. The van der Waals surface area contributed by atoms with E-state index in [0.29, 0.717) is 19.4 Å². The van der Waals surface area contributed by atoms with Crippen LogP contribution in [0.3, 0.4) is 0 Å². The number of hydrogen-bond donors (Lipinski definition) is 2. The van der Waals surface area contributed by atoms with Gasteiger partial charge in [0.2, 0.25) is 5.91 Å². The topological polar surface area (TPSA) is 64.3 Å². The zero-order chi connectivity index (χ0) is 14.5. The van der Waals surface area contributed by atoms with Crippen molar-refractivity contribution >= 4 is 5.91 Å². The van der Waals surface area contributed by atoms with E-state index in [9.17, 15) is 4.79 Å². The van der Waals surface area contributed by atoms with Crippen molar-refractivity contribution < 1.29 is 9.53 Å². The smallest absolute Gasteiger partial charge is 0.220 e. The molecule has 0 spiro atoms. The summed E-state index contributed by atoms with van der Waals surface area (Å²) >= 11 is 0. The Morgan fingerprint density at radius 1 is 1.42 bits per heavy atom. The summed E-state index contributed by atoms with van der Waals surface area (Å²) < 4.78 is 5.32. The third-order valence-corrected chi connectivity index (χ3v) is 2.81. The van der Waals surface area contributed by atoms with Gasteiger partial charge >= 0.3 is 0 Å². The highest BCUT2D eigenvalue weighted by atomic mass is 16.5. The highest BCUT2D eigenvalue weighted by Gasteiger charge is 2.12. The van der Waals surface area contributed by atoms with E-state index in [1.807, 2.05) is 39.0 Å². The van der Waals surface area contributed by atoms with Crippen LogP contribution >= 0.6 is 0 Å². The number of carbonyl (C=O) groups is 1. The Bertz CT molecular complexity index is 436. The number of amides is 1. The molecule has 0 aliphatic rings. The molecule has 1 aromatic rings. The minimum atomic E-state index is -0.378. The van der Waals surface area contributed by atoms with Crippen molar-refractivity contribution in [3.63, 3.8) is 0 Å². The third kappa shape index (κ3) is 5.75. The minimum absolute atomic E-state index is 0.0150. The van der Waals surface area contributed by atoms with E-state index >= 15 is 0 Å². The summed E-state index contributed by atoms with van der Waals surface area (Å²) in [6.07, 6.45) is 1.11. The van der Waals surface area contributed by atoms with E-state index in [4.69, 9.17) is 10.5 Å². The van der Waals surface area contributed by atoms with Crippen molar-refractivity contribution in [2.45, 2.75) is 39.2 Å². The van der Waals surface area contributed by atoms with Crippen LogP contribution in [0.5, 0.6) is 5.75 Å². The number of nitrogens with two attached hydrogens (primary N) is 1. The Balaban J connectivity index is 2.50. The summed E-state index contributed by atoms with van der Waals surface area (Å²) in [5, 5.41) is 2.84. The molecule has 0 atom stereocenters. The van der Waals surface area contributed by atoms with Gasteiger partial charge in [0.25, 0.3) is 0 Å². The predicted octanol–water partition coefficient (Wildman–Crippen LogP) is 1.79. The number of benzene rings is 1. The average Bonchev–Trinajstić information content (AvgIpc) is 2.33. The van der Waals surface area contributed by atoms with Crippen molar-refractivity contribution in [3.8, 4) is 5.75 Å². The van der Waals surface area contributed by atoms with Gasteiger partial charge in [0, 0.05) is 18.5 Å². The molecule has 4 heteroatoms. The fourth-order valence-electron chi connectivity index (χ4n) is 1.72. The molecule has 0 aromatic heterocycles. The van der Waals surface area contributed by atoms with Gasteiger partial charge in [-0.25, -0.2) is 0 Å². The average molecular weight is 264 g/mol. The van der Waals surface area contributed by atoms with Crippen LogP contribution in [0, 0.1) is 6.92 Å². The summed E-state index contributed by atoms with van der Waals surface area (Å²) in [5.41, 5.74) is 7.64. The molecule has 4 nitrogen and oxygen atoms in total. The molecular weight excluding hydrogens is 240 g/mol. The molecule has 3 N–H and O–H groups in total. The zero-order valence-corrected chi connectivity index (χ0v) is 12.2. The van der Waals surface area contributed by atoms with Crippen molar-refractivity contribution in [1.82, 2.24) is 5.32 Å². The number of aryl methyl sites for hydroxylation is 2. The lowest BCUT2D eigenvalue weighted by atomic mass is 10.1. The molecule has 0 bridgehead atoms. The molecule has 1 amide bonds. The summed E-state index contributed by atoms with van der Waals surface area (Å²) in [7, 11) is 1.65. The Kier molecular flexibility index (Phi) is 5.36. The molecule has 1 rings (SSSR count). The third-order valence-electron chi connectivity index (χ3n) is 2.81. The van der Waals surface area contributed by atoms with Crippen LogP contribution in [0.4, 0.5) is 0 Å². The second-order valence-electron chi connectivity index (χ2n) is 5.58. The molecule has 106 valence electrons. The SMILES string of the molecule is COc1cc(C)ccc1CCC(=O)NCC(C)(C)N. The first kappa shape index (κ1) is 15.5. The number of rotatable bonds is 6. The first-order valence-corrected chi connectivity index (χ1v) is 6.51. The molecule has 0 saturated heterocycles. The lowest BCUT2D eigenvalue weighted by Crippen LogP contribution is -2.45. The van der Waals surface area contributed by atoms with Gasteiger partial charge in [-0.2, -0.15) is 0 Å². The second-order valence-corrected chi connectivity index (χ2v) is 5.58. The molecule has 19 heavy (non-hydrogen) atoms.